The van der Waals surface area contributed by atoms with E-state index < -0.39 is 17.2 Å². The number of ether oxygens (including phenoxy) is 1. The molecule has 1 amide bonds. The topological polar surface area (TPSA) is 49.8 Å². The minimum atomic E-state index is -1.06. The summed E-state index contributed by atoms with van der Waals surface area (Å²) in [6.45, 7) is 0.598. The number of hydrogen-bond acceptors (Lipinski definition) is 3. The largest absolute Gasteiger partial charge is 0.396 e. The summed E-state index contributed by atoms with van der Waals surface area (Å²) < 4.78 is 32.8. The van der Waals surface area contributed by atoms with Crippen LogP contribution in [-0.2, 0) is 10.3 Å². The molecule has 0 aromatic heterocycles. The summed E-state index contributed by atoms with van der Waals surface area (Å²) in [4.78, 5) is 14.3. The zero-order valence-corrected chi connectivity index (χ0v) is 13.6. The van der Waals surface area contributed by atoms with Gasteiger partial charge in [0, 0.05) is 25.1 Å². The molecule has 1 aliphatic heterocycles. The number of amides is 1. The quantitative estimate of drug-likeness (QED) is 0.925. The lowest BCUT2D eigenvalue weighted by Crippen LogP contribution is -2.52. The summed E-state index contributed by atoms with van der Waals surface area (Å²) in [5.41, 5.74) is -0.106. The smallest absolute Gasteiger partial charge is 0.254 e. The molecule has 4 nitrogen and oxygen atoms in total. The molecular weight excluding hydrogens is 328 g/mol. The van der Waals surface area contributed by atoms with Gasteiger partial charge in [-0.1, -0.05) is 24.3 Å². The minimum Gasteiger partial charge on any atom is -0.396 e. The SMILES string of the molecule is O=C(c1ccccc1)N1CCOC(CCO)(c2ccc(F)c(F)c2)C1. The van der Waals surface area contributed by atoms with Crippen LogP contribution in [0, 0.1) is 11.6 Å². The van der Waals surface area contributed by atoms with Gasteiger partial charge in [-0.3, -0.25) is 4.79 Å². The highest BCUT2D eigenvalue weighted by molar-refractivity contribution is 5.94. The first-order chi connectivity index (χ1) is 12.1. The number of benzene rings is 2. The Morgan fingerprint density at radius 1 is 1.16 bits per heavy atom. The first kappa shape index (κ1) is 17.5. The molecule has 1 atom stereocenters. The lowest BCUT2D eigenvalue weighted by atomic mass is 9.88. The average Bonchev–Trinajstić information content (AvgIpc) is 2.64. The standard InChI is InChI=1S/C19H19F2NO3/c20-16-7-6-15(12-17(16)21)19(8-10-23)13-22(9-11-25-19)18(24)14-4-2-1-3-5-14/h1-7,12,23H,8-11,13H2. The van der Waals surface area contributed by atoms with Crippen LogP contribution < -0.4 is 0 Å². The Labute approximate surface area is 144 Å². The van der Waals surface area contributed by atoms with E-state index in [1.54, 1.807) is 29.2 Å². The summed E-state index contributed by atoms with van der Waals surface area (Å²) >= 11 is 0. The number of aliphatic hydroxyl groups excluding tert-OH is 1. The third-order valence-electron chi connectivity index (χ3n) is 4.46. The molecule has 1 N–H and O–H groups in total. The van der Waals surface area contributed by atoms with E-state index in [-0.39, 0.29) is 32.1 Å². The molecule has 0 radical (unpaired) electrons. The third-order valence-corrected chi connectivity index (χ3v) is 4.46. The summed E-state index contributed by atoms with van der Waals surface area (Å²) in [7, 11) is 0. The summed E-state index contributed by atoms with van der Waals surface area (Å²) in [5.74, 6) is -2.09. The molecule has 1 heterocycles. The predicted octanol–water partition coefficient (Wildman–Crippen LogP) is 2.72. The van der Waals surface area contributed by atoms with E-state index in [1.807, 2.05) is 6.07 Å². The number of aliphatic hydroxyl groups is 1. The Hall–Kier alpha value is -2.31. The van der Waals surface area contributed by atoms with E-state index in [2.05, 4.69) is 0 Å². The monoisotopic (exact) mass is 347 g/mol. The van der Waals surface area contributed by atoms with Gasteiger partial charge in [0.15, 0.2) is 11.6 Å². The van der Waals surface area contributed by atoms with Crippen LogP contribution >= 0.6 is 0 Å². The number of carbonyl (C=O) groups is 1. The molecule has 1 saturated heterocycles. The molecule has 3 rings (SSSR count). The summed E-state index contributed by atoms with van der Waals surface area (Å²) in [6.07, 6.45) is 0.177. The first-order valence-corrected chi connectivity index (χ1v) is 8.10. The van der Waals surface area contributed by atoms with E-state index in [0.717, 1.165) is 12.1 Å². The molecule has 1 aliphatic rings. The van der Waals surface area contributed by atoms with Crippen molar-refractivity contribution in [1.29, 1.82) is 0 Å². The molecule has 6 heteroatoms. The maximum atomic E-state index is 13.7. The van der Waals surface area contributed by atoms with Crippen LogP contribution in [0.15, 0.2) is 48.5 Å². The zero-order chi connectivity index (χ0) is 17.9. The molecule has 2 aromatic carbocycles. The third kappa shape index (κ3) is 3.55. The zero-order valence-electron chi connectivity index (χ0n) is 13.6. The molecule has 0 spiro atoms. The van der Waals surface area contributed by atoms with Crippen LogP contribution in [0.25, 0.3) is 0 Å². The highest BCUT2D eigenvalue weighted by Crippen LogP contribution is 2.34. The predicted molar refractivity (Wildman–Crippen MR) is 88.0 cm³/mol. The fraction of sp³-hybridized carbons (Fsp3) is 0.316. The van der Waals surface area contributed by atoms with Gasteiger partial charge in [0.1, 0.15) is 5.60 Å². The summed E-state index contributed by atoms with van der Waals surface area (Å²) in [5, 5.41) is 9.46. The maximum absolute atomic E-state index is 13.7. The van der Waals surface area contributed by atoms with Gasteiger partial charge in [0.05, 0.1) is 13.2 Å². The molecule has 25 heavy (non-hydrogen) atoms. The molecule has 2 aromatic rings. The molecule has 0 saturated carbocycles. The van der Waals surface area contributed by atoms with Crippen molar-refractivity contribution < 1.29 is 23.4 Å². The van der Waals surface area contributed by atoms with E-state index in [4.69, 9.17) is 4.74 Å². The Bertz CT molecular complexity index is 750. The second-order valence-electron chi connectivity index (χ2n) is 6.04. The van der Waals surface area contributed by atoms with Gasteiger partial charge >= 0.3 is 0 Å². The van der Waals surface area contributed by atoms with Gasteiger partial charge in [0.2, 0.25) is 0 Å². The van der Waals surface area contributed by atoms with Crippen molar-refractivity contribution in [3.05, 3.63) is 71.3 Å². The first-order valence-electron chi connectivity index (χ1n) is 8.10. The Morgan fingerprint density at radius 3 is 2.60 bits per heavy atom. The lowest BCUT2D eigenvalue weighted by molar-refractivity contribution is -0.115. The van der Waals surface area contributed by atoms with Crippen molar-refractivity contribution in [2.45, 2.75) is 12.0 Å². The Morgan fingerprint density at radius 2 is 1.92 bits per heavy atom. The number of nitrogens with zero attached hydrogens (tertiary/aromatic N) is 1. The molecular formula is C19H19F2NO3. The number of carbonyl (C=O) groups excluding carboxylic acids is 1. The number of hydrogen-bond donors (Lipinski definition) is 1. The van der Waals surface area contributed by atoms with Gasteiger partial charge in [0.25, 0.3) is 5.91 Å². The van der Waals surface area contributed by atoms with Crippen LogP contribution in [0.1, 0.15) is 22.3 Å². The Kier molecular flexibility index (Phi) is 5.11. The van der Waals surface area contributed by atoms with Crippen molar-refractivity contribution in [1.82, 2.24) is 4.90 Å². The molecule has 1 unspecified atom stereocenters. The summed E-state index contributed by atoms with van der Waals surface area (Å²) in [6, 6.07) is 12.4. The molecule has 132 valence electrons. The van der Waals surface area contributed by atoms with Crippen molar-refractivity contribution in [2.75, 3.05) is 26.3 Å². The van der Waals surface area contributed by atoms with E-state index in [1.165, 1.54) is 6.07 Å². The fourth-order valence-electron chi connectivity index (χ4n) is 3.15. The number of rotatable bonds is 4. The van der Waals surface area contributed by atoms with Crippen LogP contribution in [-0.4, -0.2) is 42.2 Å². The van der Waals surface area contributed by atoms with Crippen LogP contribution in [0.2, 0.25) is 0 Å². The highest BCUT2D eigenvalue weighted by Gasteiger charge is 2.40. The van der Waals surface area contributed by atoms with Gasteiger partial charge in [-0.05, 0) is 29.8 Å². The Balaban J connectivity index is 1.91. The number of halogens is 2. The van der Waals surface area contributed by atoms with Crippen molar-refractivity contribution in [3.8, 4) is 0 Å². The van der Waals surface area contributed by atoms with Gasteiger partial charge < -0.3 is 14.7 Å². The van der Waals surface area contributed by atoms with Gasteiger partial charge in [-0.2, -0.15) is 0 Å². The minimum absolute atomic E-state index is 0.159. The molecule has 1 fully saturated rings. The maximum Gasteiger partial charge on any atom is 0.254 e. The van der Waals surface area contributed by atoms with E-state index in [9.17, 15) is 18.7 Å². The number of morpholine rings is 1. The van der Waals surface area contributed by atoms with E-state index >= 15 is 0 Å². The van der Waals surface area contributed by atoms with Gasteiger partial charge in [-0.15, -0.1) is 0 Å². The fourth-order valence-corrected chi connectivity index (χ4v) is 3.15. The van der Waals surface area contributed by atoms with Crippen LogP contribution in [0.5, 0.6) is 0 Å². The average molecular weight is 347 g/mol. The second kappa shape index (κ2) is 7.29. The lowest BCUT2D eigenvalue weighted by Gasteiger charge is -2.43. The molecule has 0 aliphatic carbocycles. The second-order valence-corrected chi connectivity index (χ2v) is 6.04. The highest BCUT2D eigenvalue weighted by atomic mass is 19.2. The van der Waals surface area contributed by atoms with E-state index in [0.29, 0.717) is 17.7 Å². The molecule has 0 bridgehead atoms. The van der Waals surface area contributed by atoms with Crippen molar-refractivity contribution >= 4 is 5.91 Å². The van der Waals surface area contributed by atoms with Crippen molar-refractivity contribution in [3.63, 3.8) is 0 Å². The van der Waals surface area contributed by atoms with Crippen molar-refractivity contribution in [2.24, 2.45) is 0 Å². The van der Waals surface area contributed by atoms with Gasteiger partial charge in [-0.25, -0.2) is 8.78 Å². The van der Waals surface area contributed by atoms with Crippen LogP contribution in [0.3, 0.4) is 0 Å². The van der Waals surface area contributed by atoms with Crippen LogP contribution in [0.4, 0.5) is 8.78 Å². The normalized spacial score (nSPS) is 20.5.